The van der Waals surface area contributed by atoms with Gasteiger partial charge in [-0.1, -0.05) is 0 Å². The Morgan fingerprint density at radius 3 is 2.84 bits per heavy atom. The zero-order valence-electron chi connectivity index (χ0n) is 10.9. The van der Waals surface area contributed by atoms with Crippen LogP contribution in [0.3, 0.4) is 0 Å². The smallest absolute Gasteiger partial charge is 0.162 e. The van der Waals surface area contributed by atoms with Crippen molar-refractivity contribution in [2.45, 2.75) is 18.9 Å². The molecule has 19 heavy (non-hydrogen) atoms. The number of methoxy groups -OCH3 is 1. The third-order valence-corrected chi connectivity index (χ3v) is 3.37. The van der Waals surface area contributed by atoms with E-state index in [1.54, 1.807) is 13.3 Å². The van der Waals surface area contributed by atoms with Crippen LogP contribution in [0.5, 0.6) is 11.5 Å². The summed E-state index contributed by atoms with van der Waals surface area (Å²) in [7, 11) is 1.65. The molecule has 1 aromatic heterocycles. The molecule has 0 amide bonds. The van der Waals surface area contributed by atoms with Gasteiger partial charge in [0.1, 0.15) is 12.4 Å². The summed E-state index contributed by atoms with van der Waals surface area (Å²) in [6.45, 7) is 2.01. The first-order chi connectivity index (χ1) is 9.36. The molecule has 0 saturated carbocycles. The molecule has 5 heteroatoms. The number of piperidine rings is 1. The van der Waals surface area contributed by atoms with Gasteiger partial charge in [0.15, 0.2) is 11.5 Å². The quantitative estimate of drug-likeness (QED) is 0.910. The number of nitrogens with one attached hydrogen (secondary N) is 1. The Kier molecular flexibility index (Phi) is 3.46. The topological polar surface area (TPSA) is 56.3 Å². The molecule has 1 aliphatic rings. The monoisotopic (exact) mass is 259 g/mol. The fraction of sp³-hybridized carbons (Fsp3) is 0.429. The van der Waals surface area contributed by atoms with Gasteiger partial charge in [-0.15, -0.1) is 0 Å². The molecule has 0 radical (unpaired) electrons. The Hall–Kier alpha value is -1.88. The Labute approximate surface area is 112 Å². The summed E-state index contributed by atoms with van der Waals surface area (Å²) in [6, 6.07) is 3.85. The summed E-state index contributed by atoms with van der Waals surface area (Å²) in [6.07, 6.45) is 5.61. The van der Waals surface area contributed by atoms with Crippen molar-refractivity contribution < 1.29 is 9.47 Å². The minimum atomic E-state index is 0.247. The van der Waals surface area contributed by atoms with Crippen molar-refractivity contribution in [3.05, 3.63) is 24.7 Å². The molecule has 1 saturated heterocycles. The second-order valence-electron chi connectivity index (χ2n) is 4.65. The zero-order chi connectivity index (χ0) is 13.1. The summed E-state index contributed by atoms with van der Waals surface area (Å²) in [5.74, 6) is 1.50. The van der Waals surface area contributed by atoms with Crippen molar-refractivity contribution >= 4 is 10.9 Å². The summed E-state index contributed by atoms with van der Waals surface area (Å²) < 4.78 is 11.5. The van der Waals surface area contributed by atoms with Crippen LogP contribution in [0.2, 0.25) is 0 Å². The van der Waals surface area contributed by atoms with E-state index in [-0.39, 0.29) is 6.10 Å². The molecule has 2 heterocycles. The molecule has 1 N–H and O–H groups in total. The first-order valence-corrected chi connectivity index (χ1v) is 6.52. The summed E-state index contributed by atoms with van der Waals surface area (Å²) in [5.41, 5.74) is 0.865. The lowest BCUT2D eigenvalue weighted by Crippen LogP contribution is -2.34. The van der Waals surface area contributed by atoms with Crippen LogP contribution in [-0.2, 0) is 0 Å². The molecular formula is C14H17N3O2. The zero-order valence-corrected chi connectivity index (χ0v) is 10.9. The standard InChI is InChI=1S/C14H17N3O2/c1-18-13-7-12-10(8-16-9-17-12)6-14(13)19-11-2-4-15-5-3-11/h6-9,11,15H,2-5H2,1H3. The van der Waals surface area contributed by atoms with E-state index in [0.717, 1.165) is 48.3 Å². The molecule has 5 nitrogen and oxygen atoms in total. The van der Waals surface area contributed by atoms with E-state index in [1.807, 2.05) is 12.1 Å². The first-order valence-electron chi connectivity index (χ1n) is 6.52. The number of ether oxygens (including phenoxy) is 2. The summed E-state index contributed by atoms with van der Waals surface area (Å²) in [5, 5.41) is 4.29. The van der Waals surface area contributed by atoms with Crippen LogP contribution < -0.4 is 14.8 Å². The maximum absolute atomic E-state index is 6.06. The number of benzene rings is 1. The molecule has 1 aliphatic heterocycles. The Morgan fingerprint density at radius 1 is 1.21 bits per heavy atom. The third kappa shape index (κ3) is 2.61. The normalized spacial score (nSPS) is 16.5. The molecule has 100 valence electrons. The SMILES string of the molecule is COc1cc2ncncc2cc1OC1CCNCC1. The molecule has 1 fully saturated rings. The number of nitrogens with zero attached hydrogens (tertiary/aromatic N) is 2. The second-order valence-corrected chi connectivity index (χ2v) is 4.65. The van der Waals surface area contributed by atoms with E-state index >= 15 is 0 Å². The van der Waals surface area contributed by atoms with E-state index in [4.69, 9.17) is 9.47 Å². The van der Waals surface area contributed by atoms with Crippen molar-refractivity contribution in [3.8, 4) is 11.5 Å². The van der Waals surface area contributed by atoms with Gasteiger partial charge < -0.3 is 14.8 Å². The predicted molar refractivity (Wildman–Crippen MR) is 72.6 cm³/mol. The van der Waals surface area contributed by atoms with E-state index in [0.29, 0.717) is 0 Å². The minimum Gasteiger partial charge on any atom is -0.493 e. The highest BCUT2D eigenvalue weighted by atomic mass is 16.5. The maximum Gasteiger partial charge on any atom is 0.162 e. The molecule has 0 bridgehead atoms. The van der Waals surface area contributed by atoms with Gasteiger partial charge in [-0.05, 0) is 32.0 Å². The molecule has 3 rings (SSSR count). The number of hydrogen-bond donors (Lipinski definition) is 1. The fourth-order valence-corrected chi connectivity index (χ4v) is 2.33. The van der Waals surface area contributed by atoms with Crippen molar-refractivity contribution in [2.75, 3.05) is 20.2 Å². The lowest BCUT2D eigenvalue weighted by atomic mass is 10.1. The van der Waals surface area contributed by atoms with Gasteiger partial charge in [-0.2, -0.15) is 0 Å². The highest BCUT2D eigenvalue weighted by Gasteiger charge is 2.17. The Balaban J connectivity index is 1.91. The molecule has 0 aliphatic carbocycles. The summed E-state index contributed by atoms with van der Waals surface area (Å²) >= 11 is 0. The van der Waals surface area contributed by atoms with Crippen LogP contribution in [0.4, 0.5) is 0 Å². The van der Waals surface area contributed by atoms with Crippen LogP contribution in [0.15, 0.2) is 24.7 Å². The summed E-state index contributed by atoms with van der Waals surface area (Å²) in [4.78, 5) is 8.26. The van der Waals surface area contributed by atoms with Gasteiger partial charge in [0, 0.05) is 17.6 Å². The maximum atomic E-state index is 6.06. The molecule has 1 aromatic carbocycles. The van der Waals surface area contributed by atoms with Gasteiger partial charge >= 0.3 is 0 Å². The van der Waals surface area contributed by atoms with Crippen molar-refractivity contribution in [1.29, 1.82) is 0 Å². The molecule has 0 spiro atoms. The molecular weight excluding hydrogens is 242 g/mol. The number of fused-ring (bicyclic) bond motifs is 1. The van der Waals surface area contributed by atoms with E-state index in [1.165, 1.54) is 6.33 Å². The lowest BCUT2D eigenvalue weighted by Gasteiger charge is -2.24. The first kappa shape index (κ1) is 12.2. The van der Waals surface area contributed by atoms with Gasteiger partial charge in [0.25, 0.3) is 0 Å². The number of hydrogen-bond acceptors (Lipinski definition) is 5. The predicted octanol–water partition coefficient (Wildman–Crippen LogP) is 1.77. The average Bonchev–Trinajstić information content (AvgIpc) is 2.47. The fourth-order valence-electron chi connectivity index (χ4n) is 2.33. The second kappa shape index (κ2) is 5.40. The molecule has 0 atom stereocenters. The van der Waals surface area contributed by atoms with Crippen LogP contribution in [0.1, 0.15) is 12.8 Å². The Morgan fingerprint density at radius 2 is 2.05 bits per heavy atom. The van der Waals surface area contributed by atoms with Crippen molar-refractivity contribution in [1.82, 2.24) is 15.3 Å². The van der Waals surface area contributed by atoms with Gasteiger partial charge in [-0.3, -0.25) is 0 Å². The number of rotatable bonds is 3. The highest BCUT2D eigenvalue weighted by Crippen LogP contribution is 2.32. The van der Waals surface area contributed by atoms with Crippen LogP contribution in [0.25, 0.3) is 10.9 Å². The van der Waals surface area contributed by atoms with E-state index in [9.17, 15) is 0 Å². The average molecular weight is 259 g/mol. The number of aromatic nitrogens is 2. The van der Waals surface area contributed by atoms with Gasteiger partial charge in [-0.25, -0.2) is 9.97 Å². The van der Waals surface area contributed by atoms with Crippen molar-refractivity contribution in [2.24, 2.45) is 0 Å². The van der Waals surface area contributed by atoms with Gasteiger partial charge in [0.2, 0.25) is 0 Å². The third-order valence-electron chi connectivity index (χ3n) is 3.37. The minimum absolute atomic E-state index is 0.247. The highest BCUT2D eigenvalue weighted by molar-refractivity contribution is 5.81. The van der Waals surface area contributed by atoms with Crippen LogP contribution in [-0.4, -0.2) is 36.3 Å². The van der Waals surface area contributed by atoms with Crippen LogP contribution in [0, 0.1) is 0 Å². The van der Waals surface area contributed by atoms with Gasteiger partial charge in [0.05, 0.1) is 12.6 Å². The van der Waals surface area contributed by atoms with E-state index < -0.39 is 0 Å². The van der Waals surface area contributed by atoms with E-state index in [2.05, 4.69) is 15.3 Å². The lowest BCUT2D eigenvalue weighted by molar-refractivity contribution is 0.157. The Bertz CT molecular complexity index is 568. The van der Waals surface area contributed by atoms with Crippen molar-refractivity contribution in [3.63, 3.8) is 0 Å². The molecule has 2 aromatic rings. The van der Waals surface area contributed by atoms with Crippen LogP contribution >= 0.6 is 0 Å². The largest absolute Gasteiger partial charge is 0.493 e. The molecule has 0 unspecified atom stereocenters.